The Morgan fingerprint density at radius 1 is 1.11 bits per heavy atom. The monoisotopic (exact) mass is 467 g/mol. The third kappa shape index (κ3) is 4.01. The molecule has 0 heterocycles. The Bertz CT molecular complexity index is 943. The predicted molar refractivity (Wildman–Crippen MR) is 108 cm³/mol. The maximum Gasteiger partial charge on any atom is 0.337 e. The number of nitrogens with one attached hydrogen (secondary N) is 1. The Hall–Kier alpha value is -1.17. The molecule has 0 bridgehead atoms. The highest BCUT2D eigenvalue weighted by Crippen LogP contribution is 2.67. The second kappa shape index (κ2) is 7.34. The van der Waals surface area contributed by atoms with Gasteiger partial charge in [0, 0.05) is 33.3 Å². The van der Waals surface area contributed by atoms with Crippen LogP contribution < -0.4 is 5.32 Å². The molecule has 2 aromatic rings. The molecule has 0 spiro atoms. The summed E-state index contributed by atoms with van der Waals surface area (Å²) in [4.78, 5) is 11.2. The van der Waals surface area contributed by atoms with Gasteiger partial charge in [-0.2, -0.15) is 0 Å². The molecule has 1 fully saturated rings. The lowest BCUT2D eigenvalue weighted by Crippen LogP contribution is -2.07. The minimum absolute atomic E-state index is 0.165. The summed E-state index contributed by atoms with van der Waals surface area (Å²) in [6.07, 6.45) is 0. The van der Waals surface area contributed by atoms with Crippen LogP contribution in [-0.2, 0) is 0 Å². The van der Waals surface area contributed by atoms with Crippen molar-refractivity contribution in [2.24, 2.45) is 5.92 Å². The third-order valence-electron chi connectivity index (χ3n) is 4.24. The van der Waals surface area contributed by atoms with Crippen molar-refractivity contribution in [3.8, 4) is 0 Å². The van der Waals surface area contributed by atoms with Gasteiger partial charge in [0.25, 0.3) is 0 Å². The molecule has 0 aliphatic heterocycles. The number of aromatic carboxylic acids is 1. The lowest BCUT2D eigenvalue weighted by molar-refractivity contribution is 0.0696. The van der Waals surface area contributed by atoms with E-state index in [1.54, 1.807) is 18.2 Å². The van der Waals surface area contributed by atoms with Crippen molar-refractivity contribution in [3.05, 3.63) is 74.6 Å². The van der Waals surface area contributed by atoms with Gasteiger partial charge in [-0.15, -0.1) is 23.2 Å². The second-order valence-corrected chi connectivity index (χ2v) is 8.80. The molecule has 0 aromatic heterocycles. The Kier molecular flexibility index (Phi) is 5.59. The zero-order chi connectivity index (χ0) is 20.1. The Balaban J connectivity index is 1.86. The van der Waals surface area contributed by atoms with Crippen molar-refractivity contribution in [2.75, 3.05) is 5.32 Å². The highest BCUT2D eigenvalue weighted by Gasteiger charge is 2.65. The second-order valence-electron chi connectivity index (χ2n) is 6.11. The van der Waals surface area contributed by atoms with Crippen molar-refractivity contribution >= 4 is 69.7 Å². The molecule has 1 aliphatic carbocycles. The van der Waals surface area contributed by atoms with Gasteiger partial charge >= 0.3 is 5.97 Å². The molecule has 2 unspecified atom stereocenters. The number of carbonyl (C=O) groups is 1. The summed E-state index contributed by atoms with van der Waals surface area (Å²) in [5.74, 6) is -2.99. The first-order chi connectivity index (χ1) is 12.5. The fourth-order valence-corrected chi connectivity index (χ4v) is 4.64. The lowest BCUT2D eigenvalue weighted by atomic mass is 10.1. The molecule has 2 atom stereocenters. The van der Waals surface area contributed by atoms with Crippen LogP contribution in [0.15, 0.2) is 42.6 Å². The quantitative estimate of drug-likeness (QED) is 0.464. The van der Waals surface area contributed by atoms with Crippen LogP contribution in [0.4, 0.5) is 10.1 Å². The average molecular weight is 470 g/mol. The Morgan fingerprint density at radius 2 is 1.70 bits per heavy atom. The number of rotatable bonds is 5. The topological polar surface area (TPSA) is 49.3 Å². The number of hydrogen-bond donors (Lipinski definition) is 2. The first-order valence-corrected chi connectivity index (χ1v) is 9.43. The summed E-state index contributed by atoms with van der Waals surface area (Å²) >= 11 is 30.5. The molecule has 2 N–H and O–H groups in total. The molecule has 1 saturated carbocycles. The normalized spacial score (nSPS) is 20.2. The van der Waals surface area contributed by atoms with Gasteiger partial charge in [0.2, 0.25) is 0 Å². The number of anilines is 1. The van der Waals surface area contributed by atoms with Gasteiger partial charge in [0.1, 0.15) is 10.2 Å². The van der Waals surface area contributed by atoms with Gasteiger partial charge in [-0.1, -0.05) is 41.4 Å². The number of carboxylic acids is 1. The van der Waals surface area contributed by atoms with Crippen molar-refractivity contribution in [3.63, 3.8) is 0 Å². The molecular formula is C18H11Cl5FNO2. The van der Waals surface area contributed by atoms with E-state index in [0.717, 1.165) is 11.6 Å². The van der Waals surface area contributed by atoms with Gasteiger partial charge in [0.05, 0.1) is 10.6 Å². The molecule has 0 saturated heterocycles. The summed E-state index contributed by atoms with van der Waals surface area (Å²) in [5, 5.41) is 12.4. The smallest absolute Gasteiger partial charge is 0.337 e. The summed E-state index contributed by atoms with van der Waals surface area (Å²) in [6, 6.07) is 7.27. The van der Waals surface area contributed by atoms with E-state index in [0.29, 0.717) is 15.7 Å². The molecule has 9 heteroatoms. The number of alkyl halides is 2. The lowest BCUT2D eigenvalue weighted by Gasteiger charge is -2.12. The highest BCUT2D eigenvalue weighted by atomic mass is 35.5. The van der Waals surface area contributed by atoms with Gasteiger partial charge in [-0.05, 0) is 35.9 Å². The molecule has 3 nitrogen and oxygen atoms in total. The van der Waals surface area contributed by atoms with Gasteiger partial charge < -0.3 is 10.4 Å². The van der Waals surface area contributed by atoms with Crippen LogP contribution in [0.5, 0.6) is 0 Å². The van der Waals surface area contributed by atoms with Crippen LogP contribution in [0.2, 0.25) is 15.1 Å². The molecular weight excluding hydrogens is 458 g/mol. The number of benzene rings is 2. The van der Waals surface area contributed by atoms with Gasteiger partial charge in [0.15, 0.2) is 0 Å². The average Bonchev–Trinajstić information content (AvgIpc) is 3.12. The van der Waals surface area contributed by atoms with Gasteiger partial charge in [-0.3, -0.25) is 0 Å². The van der Waals surface area contributed by atoms with E-state index in [1.807, 2.05) is 0 Å². The molecule has 1 aliphatic rings. The van der Waals surface area contributed by atoms with Crippen LogP contribution >= 0.6 is 58.0 Å². The fraction of sp³-hybridized carbons (Fsp3) is 0.167. The zero-order valence-corrected chi connectivity index (χ0v) is 17.2. The summed E-state index contributed by atoms with van der Waals surface area (Å²) in [7, 11) is 0. The number of halogens is 6. The minimum Gasteiger partial charge on any atom is -0.478 e. The van der Waals surface area contributed by atoms with E-state index in [-0.39, 0.29) is 17.2 Å². The van der Waals surface area contributed by atoms with Crippen LogP contribution in [0.25, 0.3) is 0 Å². The van der Waals surface area contributed by atoms with Crippen LogP contribution in [0.1, 0.15) is 21.8 Å². The van der Waals surface area contributed by atoms with E-state index in [4.69, 9.17) is 63.1 Å². The van der Waals surface area contributed by atoms with E-state index in [9.17, 15) is 9.18 Å². The fourth-order valence-electron chi connectivity index (χ4n) is 3.01. The molecule has 142 valence electrons. The Labute approximate surface area is 179 Å². The van der Waals surface area contributed by atoms with E-state index in [2.05, 4.69) is 11.9 Å². The van der Waals surface area contributed by atoms with Crippen LogP contribution in [0.3, 0.4) is 0 Å². The molecule has 2 aromatic carbocycles. The highest BCUT2D eigenvalue weighted by molar-refractivity contribution is 6.52. The number of carboxylic acid groups (broad SMARTS) is 1. The SMILES string of the molecule is C=C(Nc1cc(F)c(Cl)c(C(=O)O)c1)C1C(c2cc(Cl)cc(Cl)c2)C1(Cl)Cl. The van der Waals surface area contributed by atoms with E-state index in [1.165, 1.54) is 6.07 Å². The maximum absolute atomic E-state index is 13.9. The molecule has 27 heavy (non-hydrogen) atoms. The molecule has 0 amide bonds. The van der Waals surface area contributed by atoms with Crippen molar-refractivity contribution in [1.82, 2.24) is 0 Å². The molecule has 3 rings (SSSR count). The standard InChI is InChI=1S/C18H11Cl5FNO2/c1-7(25-11-5-12(17(26)27)16(21)13(24)6-11)14-15(18(14,22)23)8-2-9(19)4-10(20)3-8/h2-6,14-15,25H,1H2,(H,26,27). The predicted octanol–water partition coefficient (Wildman–Crippen LogP) is 7.00. The zero-order valence-electron chi connectivity index (χ0n) is 13.4. The van der Waals surface area contributed by atoms with Crippen LogP contribution in [-0.4, -0.2) is 15.4 Å². The number of allylic oxidation sites excluding steroid dienone is 1. The van der Waals surface area contributed by atoms with Crippen molar-refractivity contribution in [2.45, 2.75) is 10.3 Å². The molecule has 0 radical (unpaired) electrons. The summed E-state index contributed by atoms with van der Waals surface area (Å²) in [5.41, 5.74) is 0.917. The largest absolute Gasteiger partial charge is 0.478 e. The van der Waals surface area contributed by atoms with Crippen molar-refractivity contribution < 1.29 is 14.3 Å². The van der Waals surface area contributed by atoms with Crippen LogP contribution in [0, 0.1) is 11.7 Å². The van der Waals surface area contributed by atoms with Crippen molar-refractivity contribution in [1.29, 1.82) is 0 Å². The summed E-state index contributed by atoms with van der Waals surface area (Å²) in [6.45, 7) is 3.91. The first-order valence-electron chi connectivity index (χ1n) is 7.54. The maximum atomic E-state index is 13.9. The Morgan fingerprint density at radius 3 is 2.26 bits per heavy atom. The first kappa shape index (κ1) is 20.6. The number of hydrogen-bond acceptors (Lipinski definition) is 2. The van der Waals surface area contributed by atoms with E-state index < -0.39 is 27.1 Å². The third-order valence-corrected chi connectivity index (χ3v) is 6.00. The minimum atomic E-state index is -1.35. The summed E-state index contributed by atoms with van der Waals surface area (Å²) < 4.78 is 12.7. The van der Waals surface area contributed by atoms with Gasteiger partial charge in [-0.25, -0.2) is 9.18 Å². The van der Waals surface area contributed by atoms with E-state index >= 15 is 0 Å².